The van der Waals surface area contributed by atoms with Gasteiger partial charge in [-0.2, -0.15) is 0 Å². The number of allylic oxidation sites excluding steroid dienone is 3. The highest BCUT2D eigenvalue weighted by Crippen LogP contribution is 2.42. The minimum atomic E-state index is -0.498. The van der Waals surface area contributed by atoms with Gasteiger partial charge < -0.3 is 14.5 Å². The number of hydrogen-bond acceptors (Lipinski definition) is 6. The third-order valence-corrected chi connectivity index (χ3v) is 4.87. The third kappa shape index (κ3) is 2.83. The van der Waals surface area contributed by atoms with Crippen molar-refractivity contribution in [3.8, 4) is 0 Å². The molecule has 1 aromatic rings. The standard InChI is InChI=1S/C16H17NO4S/c1-2-20-16(19)13-15(14(18)11-7-5-9-21-11)22-12-8-4-3-6-10(12)17-13/h5,7,9,17H,2-4,6,8H2,1H3. The highest BCUT2D eigenvalue weighted by molar-refractivity contribution is 8.07. The second kappa shape index (κ2) is 6.44. The van der Waals surface area contributed by atoms with Crippen LogP contribution in [0.4, 0.5) is 0 Å². The minimum Gasteiger partial charge on any atom is -0.461 e. The monoisotopic (exact) mass is 319 g/mol. The fourth-order valence-corrected chi connectivity index (χ4v) is 3.73. The van der Waals surface area contributed by atoms with Gasteiger partial charge in [0.25, 0.3) is 0 Å². The quantitative estimate of drug-likeness (QED) is 0.678. The average molecular weight is 319 g/mol. The zero-order valence-corrected chi connectivity index (χ0v) is 13.1. The van der Waals surface area contributed by atoms with Gasteiger partial charge in [0, 0.05) is 10.6 Å². The van der Waals surface area contributed by atoms with Gasteiger partial charge in [-0.15, -0.1) is 0 Å². The summed E-state index contributed by atoms with van der Waals surface area (Å²) in [5.74, 6) is -0.560. The van der Waals surface area contributed by atoms with E-state index in [2.05, 4.69) is 5.32 Å². The molecule has 1 aromatic heterocycles. The summed E-state index contributed by atoms with van der Waals surface area (Å²) in [7, 11) is 0. The molecule has 1 N–H and O–H groups in total. The number of Topliss-reactive ketones (excluding diaryl/α,β-unsaturated/α-hetero) is 1. The molecule has 3 rings (SSSR count). The van der Waals surface area contributed by atoms with Gasteiger partial charge in [0.2, 0.25) is 5.78 Å². The first-order chi connectivity index (χ1) is 10.7. The Morgan fingerprint density at radius 3 is 2.91 bits per heavy atom. The van der Waals surface area contributed by atoms with Crippen molar-refractivity contribution in [3.63, 3.8) is 0 Å². The molecule has 6 heteroatoms. The van der Waals surface area contributed by atoms with Gasteiger partial charge in [0.15, 0.2) is 5.76 Å². The Bertz CT molecular complexity index is 658. The fourth-order valence-electron chi connectivity index (χ4n) is 2.53. The summed E-state index contributed by atoms with van der Waals surface area (Å²) in [6, 6.07) is 3.26. The Morgan fingerprint density at radius 2 is 2.18 bits per heavy atom. The van der Waals surface area contributed by atoms with Crippen LogP contribution in [0, 0.1) is 0 Å². The average Bonchev–Trinajstić information content (AvgIpc) is 3.07. The molecule has 0 fully saturated rings. The smallest absolute Gasteiger partial charge is 0.356 e. The van der Waals surface area contributed by atoms with E-state index in [9.17, 15) is 9.59 Å². The number of ether oxygens (including phenoxy) is 1. The number of furan rings is 1. The van der Waals surface area contributed by atoms with Crippen molar-refractivity contribution >= 4 is 23.5 Å². The number of rotatable bonds is 4. The van der Waals surface area contributed by atoms with E-state index >= 15 is 0 Å². The lowest BCUT2D eigenvalue weighted by molar-refractivity contribution is -0.138. The lowest BCUT2D eigenvalue weighted by atomic mass is 10.0. The molecular weight excluding hydrogens is 302 g/mol. The molecule has 0 spiro atoms. The maximum atomic E-state index is 12.6. The van der Waals surface area contributed by atoms with Crippen LogP contribution in [0.25, 0.3) is 0 Å². The highest BCUT2D eigenvalue weighted by Gasteiger charge is 2.32. The van der Waals surface area contributed by atoms with Crippen LogP contribution in [0.5, 0.6) is 0 Å². The van der Waals surface area contributed by atoms with Crippen molar-refractivity contribution in [3.05, 3.63) is 45.4 Å². The summed E-state index contributed by atoms with van der Waals surface area (Å²) in [6.45, 7) is 2.01. The second-order valence-corrected chi connectivity index (χ2v) is 6.17. The number of ketones is 1. The zero-order valence-electron chi connectivity index (χ0n) is 12.3. The summed E-state index contributed by atoms with van der Waals surface area (Å²) in [6.07, 6.45) is 5.46. The van der Waals surface area contributed by atoms with Crippen molar-refractivity contribution in [1.82, 2.24) is 5.32 Å². The first-order valence-corrected chi connectivity index (χ1v) is 8.19. The molecule has 2 heterocycles. The summed E-state index contributed by atoms with van der Waals surface area (Å²) in [5, 5.41) is 3.13. The maximum absolute atomic E-state index is 12.6. The van der Waals surface area contributed by atoms with Crippen molar-refractivity contribution < 1.29 is 18.7 Å². The molecule has 0 unspecified atom stereocenters. The Hall–Kier alpha value is -1.95. The van der Waals surface area contributed by atoms with Gasteiger partial charge in [-0.25, -0.2) is 4.79 Å². The van der Waals surface area contributed by atoms with Gasteiger partial charge in [-0.05, 0) is 44.7 Å². The number of hydrogen-bond donors (Lipinski definition) is 1. The predicted molar refractivity (Wildman–Crippen MR) is 82.9 cm³/mol. The molecule has 5 nitrogen and oxygen atoms in total. The van der Waals surface area contributed by atoms with Crippen LogP contribution < -0.4 is 5.32 Å². The fraction of sp³-hybridized carbons (Fsp3) is 0.375. The molecular formula is C16H17NO4S. The molecule has 1 aliphatic carbocycles. The molecule has 0 aromatic carbocycles. The van der Waals surface area contributed by atoms with Crippen molar-refractivity contribution in [1.29, 1.82) is 0 Å². The van der Waals surface area contributed by atoms with Gasteiger partial charge in [-0.3, -0.25) is 4.79 Å². The van der Waals surface area contributed by atoms with Crippen LogP contribution >= 0.6 is 11.8 Å². The number of carbonyl (C=O) groups excluding carboxylic acids is 2. The first kappa shape index (κ1) is 15.0. The van der Waals surface area contributed by atoms with E-state index in [4.69, 9.17) is 9.15 Å². The van der Waals surface area contributed by atoms with Crippen LogP contribution in [0.1, 0.15) is 43.2 Å². The van der Waals surface area contributed by atoms with E-state index in [1.165, 1.54) is 18.0 Å². The topological polar surface area (TPSA) is 68.5 Å². The largest absolute Gasteiger partial charge is 0.461 e. The highest BCUT2D eigenvalue weighted by atomic mass is 32.2. The van der Waals surface area contributed by atoms with Crippen LogP contribution in [-0.2, 0) is 9.53 Å². The van der Waals surface area contributed by atoms with Crippen LogP contribution in [0.15, 0.2) is 44.0 Å². The molecule has 0 amide bonds. The molecule has 0 bridgehead atoms. The molecule has 0 atom stereocenters. The van der Waals surface area contributed by atoms with Gasteiger partial charge >= 0.3 is 5.97 Å². The molecule has 2 aliphatic rings. The molecule has 1 aliphatic heterocycles. The molecule has 0 radical (unpaired) electrons. The maximum Gasteiger partial charge on any atom is 0.356 e. The van der Waals surface area contributed by atoms with E-state index < -0.39 is 5.97 Å². The Labute approximate surface area is 132 Å². The van der Waals surface area contributed by atoms with E-state index in [0.29, 0.717) is 4.91 Å². The first-order valence-electron chi connectivity index (χ1n) is 7.37. The summed E-state index contributed by atoms with van der Waals surface area (Å²) in [5.41, 5.74) is 1.27. The Balaban J connectivity index is 1.96. The number of nitrogens with one attached hydrogen (secondary N) is 1. The van der Waals surface area contributed by atoms with Crippen LogP contribution in [0.3, 0.4) is 0 Å². The SMILES string of the molecule is CCOC(=O)C1=C(C(=O)c2ccco2)SC2=C(CCCC2)N1. The zero-order chi connectivity index (χ0) is 15.5. The van der Waals surface area contributed by atoms with Crippen molar-refractivity contribution in [2.24, 2.45) is 0 Å². The Morgan fingerprint density at radius 1 is 1.36 bits per heavy atom. The van der Waals surface area contributed by atoms with Gasteiger partial charge in [0.05, 0.1) is 17.8 Å². The van der Waals surface area contributed by atoms with Gasteiger partial charge in [0.1, 0.15) is 5.70 Å². The van der Waals surface area contributed by atoms with Crippen LogP contribution in [0.2, 0.25) is 0 Å². The second-order valence-electron chi connectivity index (χ2n) is 5.07. The van der Waals surface area contributed by atoms with Crippen LogP contribution in [-0.4, -0.2) is 18.4 Å². The van der Waals surface area contributed by atoms with Crippen molar-refractivity contribution in [2.45, 2.75) is 32.6 Å². The third-order valence-electron chi connectivity index (χ3n) is 3.58. The number of thioether (sulfide) groups is 1. The summed E-state index contributed by atoms with van der Waals surface area (Å²) < 4.78 is 10.3. The minimum absolute atomic E-state index is 0.228. The van der Waals surface area contributed by atoms with Crippen molar-refractivity contribution in [2.75, 3.05) is 6.61 Å². The lowest BCUT2D eigenvalue weighted by Crippen LogP contribution is -2.29. The van der Waals surface area contributed by atoms with E-state index in [1.807, 2.05) is 0 Å². The molecule has 0 saturated heterocycles. The molecule has 22 heavy (non-hydrogen) atoms. The predicted octanol–water partition coefficient (Wildman–Crippen LogP) is 3.36. The lowest BCUT2D eigenvalue weighted by Gasteiger charge is -2.27. The number of esters is 1. The normalized spacial score (nSPS) is 17.9. The number of carbonyl (C=O) groups is 2. The Kier molecular flexibility index (Phi) is 4.38. The molecule has 116 valence electrons. The van der Waals surface area contributed by atoms with E-state index in [-0.39, 0.29) is 23.8 Å². The summed E-state index contributed by atoms with van der Waals surface area (Å²) >= 11 is 1.37. The molecule has 0 saturated carbocycles. The van der Waals surface area contributed by atoms with E-state index in [1.54, 1.807) is 19.1 Å². The van der Waals surface area contributed by atoms with E-state index in [0.717, 1.165) is 36.3 Å². The van der Waals surface area contributed by atoms with Gasteiger partial charge in [-0.1, -0.05) is 11.8 Å². The summed E-state index contributed by atoms with van der Waals surface area (Å²) in [4.78, 5) is 26.3.